The molecule has 0 fully saturated rings. The van der Waals surface area contributed by atoms with Gasteiger partial charge in [0.1, 0.15) is 0 Å². The maximum absolute atomic E-state index is 12.7. The number of ketones is 1. The van der Waals surface area contributed by atoms with Crippen LogP contribution in [0.3, 0.4) is 0 Å². The first-order chi connectivity index (χ1) is 17.8. The van der Waals surface area contributed by atoms with Crippen LogP contribution in [-0.4, -0.2) is 15.8 Å². The average Bonchev–Trinajstić information content (AvgIpc) is 3.24. The molecule has 0 N–H and O–H groups in total. The monoisotopic (exact) mass is 653 g/mol. The molecule has 0 bridgehead atoms. The number of hydrogen-bond acceptors (Lipinski definition) is 3. The summed E-state index contributed by atoms with van der Waals surface area (Å²) in [5.74, 6) is 0.0842. The molecule has 2 aromatic heterocycles. The summed E-state index contributed by atoms with van der Waals surface area (Å²) in [6.07, 6.45) is 1.79. The Morgan fingerprint density at radius 1 is 0.568 bits per heavy atom. The molecule has 0 atom stereocenters. The summed E-state index contributed by atoms with van der Waals surface area (Å²) in [7, 11) is 0. The van der Waals surface area contributed by atoms with Crippen LogP contribution in [0, 0.1) is 12.1 Å². The Kier molecular flexibility index (Phi) is 7.13. The minimum atomic E-state index is 0. The van der Waals surface area contributed by atoms with Gasteiger partial charge in [-0.3, -0.25) is 9.78 Å². The third kappa shape index (κ3) is 4.90. The number of carbonyl (C=O) groups excluding carboxylic acids is 1. The maximum Gasteiger partial charge on any atom is 0.194 e. The van der Waals surface area contributed by atoms with Crippen LogP contribution in [0.4, 0.5) is 0 Å². The van der Waals surface area contributed by atoms with Crippen molar-refractivity contribution >= 4 is 16.7 Å². The minimum Gasteiger partial charge on any atom is -0.305 e. The molecule has 0 saturated heterocycles. The smallest absolute Gasteiger partial charge is 0.194 e. The predicted molar refractivity (Wildman–Crippen MR) is 143 cm³/mol. The zero-order valence-corrected chi connectivity index (χ0v) is 22.1. The summed E-state index contributed by atoms with van der Waals surface area (Å²) in [6, 6.07) is 43.6. The van der Waals surface area contributed by atoms with Gasteiger partial charge in [0.15, 0.2) is 5.78 Å². The SMILES string of the molecule is O=C1c2ccccc2-c2cc3ccc(-c4[c-]cccc4)nc3cc21.[Ir].[c-]1ccccc1-c1ccccn1. The topological polar surface area (TPSA) is 42.9 Å². The van der Waals surface area contributed by atoms with Crippen LogP contribution < -0.4 is 0 Å². The van der Waals surface area contributed by atoms with Crippen molar-refractivity contribution in [2.45, 2.75) is 0 Å². The fourth-order valence-corrected chi connectivity index (χ4v) is 4.42. The van der Waals surface area contributed by atoms with Crippen molar-refractivity contribution in [1.29, 1.82) is 0 Å². The van der Waals surface area contributed by atoms with Crippen molar-refractivity contribution in [2.24, 2.45) is 0 Å². The number of fused-ring (bicyclic) bond motifs is 4. The molecule has 0 amide bonds. The summed E-state index contributed by atoms with van der Waals surface area (Å²) in [5.41, 5.74) is 8.20. The van der Waals surface area contributed by atoms with Crippen molar-refractivity contribution in [3.63, 3.8) is 0 Å². The second-order valence-electron chi connectivity index (χ2n) is 8.43. The van der Waals surface area contributed by atoms with E-state index in [2.05, 4.69) is 29.2 Å². The Balaban J connectivity index is 0.000000183. The zero-order valence-electron chi connectivity index (χ0n) is 19.7. The Labute approximate surface area is 229 Å². The molecule has 1 aliphatic rings. The van der Waals surface area contributed by atoms with Gasteiger partial charge >= 0.3 is 0 Å². The summed E-state index contributed by atoms with van der Waals surface area (Å²) in [5, 5.41) is 1.04. The van der Waals surface area contributed by atoms with Crippen LogP contribution >= 0.6 is 0 Å². The van der Waals surface area contributed by atoms with Crippen LogP contribution in [0.1, 0.15) is 15.9 Å². The normalized spacial score (nSPS) is 11.1. The molecule has 1 radical (unpaired) electrons. The summed E-state index contributed by atoms with van der Waals surface area (Å²) in [6.45, 7) is 0. The summed E-state index contributed by atoms with van der Waals surface area (Å²) < 4.78 is 0. The van der Waals surface area contributed by atoms with E-state index in [4.69, 9.17) is 4.98 Å². The molecule has 3 nitrogen and oxygen atoms in total. The minimum absolute atomic E-state index is 0. The molecule has 4 heteroatoms. The van der Waals surface area contributed by atoms with Gasteiger partial charge in [-0.25, -0.2) is 0 Å². The van der Waals surface area contributed by atoms with Gasteiger partial charge in [-0.2, -0.15) is 0 Å². The van der Waals surface area contributed by atoms with E-state index in [1.807, 2.05) is 103 Å². The van der Waals surface area contributed by atoms with Crippen molar-refractivity contribution in [1.82, 2.24) is 9.97 Å². The third-order valence-electron chi connectivity index (χ3n) is 6.17. The molecule has 179 valence electrons. The van der Waals surface area contributed by atoms with E-state index in [0.29, 0.717) is 0 Å². The van der Waals surface area contributed by atoms with Crippen molar-refractivity contribution in [2.75, 3.05) is 0 Å². The molecule has 0 unspecified atom stereocenters. The quantitative estimate of drug-likeness (QED) is 0.182. The van der Waals surface area contributed by atoms with E-state index < -0.39 is 0 Å². The molecule has 0 aliphatic heterocycles. The van der Waals surface area contributed by atoms with Crippen LogP contribution in [0.2, 0.25) is 0 Å². The number of hydrogen-bond donors (Lipinski definition) is 0. The number of nitrogens with zero attached hydrogens (tertiary/aromatic N) is 2. The standard InChI is InChI=1S/C22H12NO.C11H8N.Ir/c24-22-17-9-5-4-8-16(17)18-12-15-10-11-20(14-6-2-1-3-7-14)23-21(15)13-19(18)22;1-2-6-10(7-3-1)11-8-4-5-9-12-11;/h1-6,8-13H;1-6,8-9H;/q2*-1;. The van der Waals surface area contributed by atoms with Crippen LogP contribution in [0.5, 0.6) is 0 Å². The zero-order chi connectivity index (χ0) is 24.3. The first-order valence-corrected chi connectivity index (χ1v) is 11.7. The first-order valence-electron chi connectivity index (χ1n) is 11.7. The number of carbonyl (C=O) groups is 1. The Bertz CT molecular complexity index is 1650. The maximum atomic E-state index is 12.7. The molecule has 4 aromatic carbocycles. The van der Waals surface area contributed by atoms with E-state index in [1.165, 1.54) is 0 Å². The fourth-order valence-electron chi connectivity index (χ4n) is 4.42. The molecule has 37 heavy (non-hydrogen) atoms. The number of aromatic nitrogens is 2. The van der Waals surface area contributed by atoms with E-state index in [0.717, 1.165) is 55.7 Å². The molecule has 0 saturated carbocycles. The van der Waals surface area contributed by atoms with E-state index in [-0.39, 0.29) is 25.9 Å². The van der Waals surface area contributed by atoms with E-state index >= 15 is 0 Å². The van der Waals surface area contributed by atoms with Gasteiger partial charge < -0.3 is 4.98 Å². The molecular weight excluding hydrogens is 633 g/mol. The van der Waals surface area contributed by atoms with Crippen LogP contribution in [-0.2, 0) is 20.1 Å². The van der Waals surface area contributed by atoms with Crippen LogP contribution in [0.15, 0.2) is 121 Å². The summed E-state index contributed by atoms with van der Waals surface area (Å²) >= 11 is 0. The summed E-state index contributed by atoms with van der Waals surface area (Å²) in [4.78, 5) is 21.6. The van der Waals surface area contributed by atoms with Gasteiger partial charge in [-0.15, -0.1) is 71.8 Å². The van der Waals surface area contributed by atoms with Gasteiger partial charge in [0, 0.05) is 37.4 Å². The Hall–Kier alpha value is -4.24. The van der Waals surface area contributed by atoms with Gasteiger partial charge in [-0.05, 0) is 46.1 Å². The Morgan fingerprint density at radius 2 is 1.24 bits per heavy atom. The van der Waals surface area contributed by atoms with Gasteiger partial charge in [-0.1, -0.05) is 48.5 Å². The molecule has 2 heterocycles. The second kappa shape index (κ2) is 10.8. The molecule has 7 rings (SSSR count). The largest absolute Gasteiger partial charge is 0.305 e. The number of pyridine rings is 2. The van der Waals surface area contributed by atoms with Crippen molar-refractivity contribution in [3.05, 3.63) is 145 Å². The molecular formula is C33H20IrN2O-2. The number of benzene rings is 4. The van der Waals surface area contributed by atoms with Gasteiger partial charge in [0.25, 0.3) is 0 Å². The molecule has 6 aromatic rings. The van der Waals surface area contributed by atoms with Gasteiger partial charge in [0.2, 0.25) is 0 Å². The third-order valence-corrected chi connectivity index (χ3v) is 6.17. The van der Waals surface area contributed by atoms with E-state index in [1.54, 1.807) is 6.20 Å². The van der Waals surface area contributed by atoms with Crippen molar-refractivity contribution < 1.29 is 24.9 Å². The molecule has 1 aliphatic carbocycles. The predicted octanol–water partition coefficient (Wildman–Crippen LogP) is 7.46. The van der Waals surface area contributed by atoms with Gasteiger partial charge in [0.05, 0.1) is 5.52 Å². The Morgan fingerprint density at radius 3 is 1.92 bits per heavy atom. The number of rotatable bonds is 2. The average molecular weight is 653 g/mol. The van der Waals surface area contributed by atoms with E-state index in [9.17, 15) is 4.79 Å². The fraction of sp³-hybridized carbons (Fsp3) is 0. The van der Waals surface area contributed by atoms with Crippen molar-refractivity contribution in [3.8, 4) is 33.6 Å². The first kappa shape index (κ1) is 24.5. The molecule has 0 spiro atoms. The van der Waals surface area contributed by atoms with Crippen LogP contribution in [0.25, 0.3) is 44.5 Å². The second-order valence-corrected chi connectivity index (χ2v) is 8.43.